The Hall–Kier alpha value is -2.86. The van der Waals surface area contributed by atoms with E-state index < -0.39 is 0 Å². The molecule has 0 bridgehead atoms. The number of carbonyl (C=O) groups excluding carboxylic acids is 1. The van der Waals surface area contributed by atoms with Gasteiger partial charge < -0.3 is 10.1 Å². The number of nitrogens with one attached hydrogen (secondary N) is 1. The first kappa shape index (κ1) is 21.8. The number of hydrogen-bond donors (Lipinski definition) is 1. The van der Waals surface area contributed by atoms with Crippen LogP contribution >= 0.6 is 11.8 Å². The Kier molecular flexibility index (Phi) is 7.85. The number of benzene rings is 2. The fourth-order valence-electron chi connectivity index (χ4n) is 3.18. The third-order valence-corrected chi connectivity index (χ3v) is 5.37. The SMILES string of the molecule is CSc1nc(C)c(CCC(=O)NCc2cccc(OCc3ccccc3)c2)c(C)n1. The number of hydrogen-bond acceptors (Lipinski definition) is 5. The van der Waals surface area contributed by atoms with Crippen molar-refractivity contribution in [2.75, 3.05) is 6.26 Å². The topological polar surface area (TPSA) is 64.1 Å². The number of carbonyl (C=O) groups is 1. The predicted molar refractivity (Wildman–Crippen MR) is 121 cm³/mol. The minimum absolute atomic E-state index is 0.0124. The van der Waals surface area contributed by atoms with Crippen molar-refractivity contribution in [3.63, 3.8) is 0 Å². The highest BCUT2D eigenvalue weighted by atomic mass is 32.2. The molecule has 0 aliphatic rings. The monoisotopic (exact) mass is 421 g/mol. The summed E-state index contributed by atoms with van der Waals surface area (Å²) in [6.45, 7) is 4.94. The molecule has 0 saturated carbocycles. The summed E-state index contributed by atoms with van der Waals surface area (Å²) in [5.41, 5.74) is 5.08. The lowest BCUT2D eigenvalue weighted by molar-refractivity contribution is -0.121. The van der Waals surface area contributed by atoms with Crippen molar-refractivity contribution in [2.24, 2.45) is 0 Å². The Morgan fingerprint density at radius 2 is 1.70 bits per heavy atom. The molecule has 0 spiro atoms. The second-order valence-electron chi connectivity index (χ2n) is 7.06. The van der Waals surface area contributed by atoms with Gasteiger partial charge in [0.2, 0.25) is 5.91 Å². The van der Waals surface area contributed by atoms with Gasteiger partial charge in [0.05, 0.1) is 0 Å². The lowest BCUT2D eigenvalue weighted by Gasteiger charge is -2.11. The number of thioether (sulfide) groups is 1. The van der Waals surface area contributed by atoms with Crippen molar-refractivity contribution in [3.05, 3.63) is 82.7 Å². The van der Waals surface area contributed by atoms with Crippen molar-refractivity contribution >= 4 is 17.7 Å². The van der Waals surface area contributed by atoms with Crippen molar-refractivity contribution in [1.82, 2.24) is 15.3 Å². The first-order valence-corrected chi connectivity index (χ1v) is 11.2. The molecule has 30 heavy (non-hydrogen) atoms. The van der Waals surface area contributed by atoms with Gasteiger partial charge >= 0.3 is 0 Å². The average Bonchev–Trinajstić information content (AvgIpc) is 2.76. The van der Waals surface area contributed by atoms with E-state index in [4.69, 9.17) is 4.74 Å². The molecule has 156 valence electrons. The highest BCUT2D eigenvalue weighted by Gasteiger charge is 2.10. The smallest absolute Gasteiger partial charge is 0.220 e. The van der Waals surface area contributed by atoms with Crippen molar-refractivity contribution < 1.29 is 9.53 Å². The largest absolute Gasteiger partial charge is 0.489 e. The highest BCUT2D eigenvalue weighted by Crippen LogP contribution is 2.18. The van der Waals surface area contributed by atoms with E-state index in [0.717, 1.165) is 39.0 Å². The zero-order valence-electron chi connectivity index (χ0n) is 17.6. The first-order valence-electron chi connectivity index (χ1n) is 9.95. The van der Waals surface area contributed by atoms with Crippen LogP contribution in [-0.2, 0) is 24.4 Å². The summed E-state index contributed by atoms with van der Waals surface area (Å²) in [7, 11) is 0. The van der Waals surface area contributed by atoms with E-state index in [9.17, 15) is 4.79 Å². The molecule has 0 fully saturated rings. The third-order valence-electron chi connectivity index (χ3n) is 4.82. The zero-order chi connectivity index (χ0) is 21.3. The fraction of sp³-hybridized carbons (Fsp3) is 0.292. The molecule has 1 amide bonds. The Bertz CT molecular complexity index is 970. The van der Waals surface area contributed by atoms with E-state index in [0.29, 0.717) is 26.0 Å². The Morgan fingerprint density at radius 3 is 2.40 bits per heavy atom. The molecule has 0 unspecified atom stereocenters. The Labute approximate surface area is 182 Å². The van der Waals surface area contributed by atoms with Crippen LogP contribution in [0.3, 0.4) is 0 Å². The number of amides is 1. The molecule has 3 rings (SSSR count). The van der Waals surface area contributed by atoms with Gasteiger partial charge in [-0.2, -0.15) is 0 Å². The molecular formula is C24H27N3O2S. The maximum Gasteiger partial charge on any atom is 0.220 e. The van der Waals surface area contributed by atoms with Gasteiger partial charge in [-0.1, -0.05) is 54.2 Å². The molecule has 0 atom stereocenters. The summed E-state index contributed by atoms with van der Waals surface area (Å²) in [5.74, 6) is 0.807. The van der Waals surface area contributed by atoms with Crippen LogP contribution in [0.25, 0.3) is 0 Å². The maximum absolute atomic E-state index is 12.3. The number of rotatable bonds is 9. The molecule has 6 heteroatoms. The summed E-state index contributed by atoms with van der Waals surface area (Å²) < 4.78 is 5.86. The van der Waals surface area contributed by atoms with E-state index in [1.807, 2.05) is 74.7 Å². The van der Waals surface area contributed by atoms with Crippen molar-refractivity contribution in [3.8, 4) is 5.75 Å². The van der Waals surface area contributed by atoms with Gasteiger partial charge in [-0.25, -0.2) is 9.97 Å². The summed E-state index contributed by atoms with van der Waals surface area (Å²) in [4.78, 5) is 21.3. The Balaban J connectivity index is 1.49. The predicted octanol–water partition coefficient (Wildman–Crippen LogP) is 4.64. The normalized spacial score (nSPS) is 10.6. The third kappa shape index (κ3) is 6.32. The molecule has 2 aromatic carbocycles. The van der Waals surface area contributed by atoms with E-state index in [-0.39, 0.29) is 5.91 Å². The molecule has 3 aromatic rings. The Morgan fingerprint density at radius 1 is 1.00 bits per heavy atom. The highest BCUT2D eigenvalue weighted by molar-refractivity contribution is 7.98. The van der Waals surface area contributed by atoms with Gasteiger partial charge in [0.25, 0.3) is 0 Å². The van der Waals surface area contributed by atoms with Crippen LogP contribution in [0.5, 0.6) is 5.75 Å². The molecule has 0 radical (unpaired) electrons. The van der Waals surface area contributed by atoms with Gasteiger partial charge in [-0.3, -0.25) is 4.79 Å². The van der Waals surface area contributed by atoms with Crippen molar-refractivity contribution in [2.45, 2.75) is 45.0 Å². The van der Waals surface area contributed by atoms with Crippen LogP contribution in [0.15, 0.2) is 59.8 Å². The molecule has 1 heterocycles. The summed E-state index contributed by atoms with van der Waals surface area (Å²) >= 11 is 1.53. The van der Waals surface area contributed by atoms with Crippen molar-refractivity contribution in [1.29, 1.82) is 0 Å². The van der Waals surface area contributed by atoms with Gasteiger partial charge in [0.15, 0.2) is 5.16 Å². The van der Waals surface area contributed by atoms with Crippen LogP contribution in [0.1, 0.15) is 34.5 Å². The van der Waals surface area contributed by atoms with Gasteiger partial charge in [0.1, 0.15) is 12.4 Å². The zero-order valence-corrected chi connectivity index (χ0v) is 18.5. The first-order chi connectivity index (χ1) is 14.5. The molecule has 0 aliphatic heterocycles. The number of aryl methyl sites for hydroxylation is 2. The molecular weight excluding hydrogens is 394 g/mol. The van der Waals surface area contributed by atoms with Gasteiger partial charge in [0, 0.05) is 24.4 Å². The second-order valence-corrected chi connectivity index (χ2v) is 7.83. The van der Waals surface area contributed by atoms with Crippen LogP contribution in [0, 0.1) is 13.8 Å². The number of aromatic nitrogens is 2. The van der Waals surface area contributed by atoms with Crippen LogP contribution in [-0.4, -0.2) is 22.1 Å². The molecule has 0 saturated heterocycles. The minimum atomic E-state index is 0.0124. The molecule has 0 aliphatic carbocycles. The van der Waals surface area contributed by atoms with E-state index >= 15 is 0 Å². The maximum atomic E-state index is 12.3. The van der Waals surface area contributed by atoms with Crippen LogP contribution < -0.4 is 10.1 Å². The quantitative estimate of drug-likeness (QED) is 0.403. The summed E-state index contributed by atoms with van der Waals surface area (Å²) in [5, 5.41) is 3.76. The summed E-state index contributed by atoms with van der Waals surface area (Å²) in [6.07, 6.45) is 3.01. The fourth-order valence-corrected chi connectivity index (χ4v) is 3.63. The van der Waals surface area contributed by atoms with Crippen LogP contribution in [0.2, 0.25) is 0 Å². The van der Waals surface area contributed by atoms with E-state index in [2.05, 4.69) is 15.3 Å². The van der Waals surface area contributed by atoms with E-state index in [1.165, 1.54) is 11.8 Å². The molecule has 1 aromatic heterocycles. The number of ether oxygens (including phenoxy) is 1. The lowest BCUT2D eigenvalue weighted by atomic mass is 10.1. The van der Waals surface area contributed by atoms with E-state index in [1.54, 1.807) is 0 Å². The summed E-state index contributed by atoms with van der Waals surface area (Å²) in [6, 6.07) is 17.9. The van der Waals surface area contributed by atoms with Gasteiger partial charge in [-0.15, -0.1) is 0 Å². The standard InChI is InChI=1S/C24H27N3O2S/c1-17-22(18(2)27-24(26-17)30-3)12-13-23(28)25-15-20-10-7-11-21(14-20)29-16-19-8-5-4-6-9-19/h4-11,14H,12-13,15-16H2,1-3H3,(H,25,28). The second kappa shape index (κ2) is 10.8. The lowest BCUT2D eigenvalue weighted by Crippen LogP contribution is -2.23. The molecule has 5 nitrogen and oxygen atoms in total. The number of nitrogens with zero attached hydrogens (tertiary/aromatic N) is 2. The minimum Gasteiger partial charge on any atom is -0.489 e. The van der Waals surface area contributed by atoms with Gasteiger partial charge in [-0.05, 0) is 55.3 Å². The average molecular weight is 422 g/mol. The van der Waals surface area contributed by atoms with Crippen LogP contribution in [0.4, 0.5) is 0 Å². The molecule has 1 N–H and O–H groups in total.